The molecule has 3 heterocycles. The van der Waals surface area contributed by atoms with E-state index in [1.165, 1.54) is 6.20 Å². The molecule has 29 heavy (non-hydrogen) atoms. The molecule has 3 rings (SSSR count). The van der Waals surface area contributed by atoms with Gasteiger partial charge in [-0.2, -0.15) is 5.10 Å². The maximum Gasteiger partial charge on any atom is 0.339 e. The van der Waals surface area contributed by atoms with Crippen molar-refractivity contribution in [2.75, 3.05) is 18.5 Å². The van der Waals surface area contributed by atoms with Crippen molar-refractivity contribution in [2.24, 2.45) is 7.05 Å². The fourth-order valence-corrected chi connectivity index (χ4v) is 2.84. The first-order valence-corrected chi connectivity index (χ1v) is 9.19. The summed E-state index contributed by atoms with van der Waals surface area (Å²) in [6, 6.07) is 4.99. The first kappa shape index (κ1) is 20.0. The number of hydrogen-bond donors (Lipinski definition) is 2. The van der Waals surface area contributed by atoms with Crippen LogP contribution in [0.4, 0.5) is 10.6 Å². The van der Waals surface area contributed by atoms with Crippen LogP contribution in [0.15, 0.2) is 43.0 Å². The molecule has 0 aliphatic carbocycles. The number of amides is 2. The van der Waals surface area contributed by atoms with Gasteiger partial charge in [0.05, 0.1) is 17.9 Å². The van der Waals surface area contributed by atoms with Crippen molar-refractivity contribution in [2.45, 2.75) is 13.8 Å². The minimum Gasteiger partial charge on any atom is -0.462 e. The molecule has 3 aromatic rings. The van der Waals surface area contributed by atoms with Crippen molar-refractivity contribution in [1.29, 1.82) is 0 Å². The lowest BCUT2D eigenvalue weighted by molar-refractivity contribution is 0.0526. The number of pyridine rings is 2. The molecule has 0 unspecified atom stereocenters. The molecule has 0 aromatic carbocycles. The Morgan fingerprint density at radius 1 is 1.14 bits per heavy atom. The number of nitrogens with one attached hydrogen (secondary N) is 2. The summed E-state index contributed by atoms with van der Waals surface area (Å²) >= 11 is 0. The van der Waals surface area contributed by atoms with Crippen molar-refractivity contribution in [3.8, 4) is 22.4 Å². The lowest BCUT2D eigenvalue weighted by atomic mass is 10.00. The van der Waals surface area contributed by atoms with Crippen LogP contribution in [0.5, 0.6) is 0 Å². The number of hydrogen-bond acceptors (Lipinski definition) is 6. The monoisotopic (exact) mass is 394 g/mol. The number of urea groups is 1. The van der Waals surface area contributed by atoms with Crippen LogP contribution in [0.1, 0.15) is 24.2 Å². The average Bonchev–Trinajstić information content (AvgIpc) is 3.14. The van der Waals surface area contributed by atoms with Crippen LogP contribution in [0.3, 0.4) is 0 Å². The van der Waals surface area contributed by atoms with E-state index in [-0.39, 0.29) is 12.6 Å². The quantitative estimate of drug-likeness (QED) is 0.622. The maximum absolute atomic E-state index is 12.1. The number of carbonyl (C=O) groups is 2. The molecular weight excluding hydrogens is 372 g/mol. The largest absolute Gasteiger partial charge is 0.462 e. The molecule has 9 nitrogen and oxygen atoms in total. The molecule has 0 radical (unpaired) electrons. The second kappa shape index (κ2) is 8.96. The van der Waals surface area contributed by atoms with Crippen LogP contribution >= 0.6 is 0 Å². The van der Waals surface area contributed by atoms with Gasteiger partial charge in [0.1, 0.15) is 5.82 Å². The zero-order chi connectivity index (χ0) is 20.8. The third-order valence-electron chi connectivity index (χ3n) is 4.14. The Morgan fingerprint density at radius 3 is 2.66 bits per heavy atom. The zero-order valence-electron chi connectivity index (χ0n) is 16.5. The van der Waals surface area contributed by atoms with Crippen LogP contribution in [-0.4, -0.2) is 44.9 Å². The van der Waals surface area contributed by atoms with Crippen molar-refractivity contribution < 1.29 is 14.3 Å². The zero-order valence-corrected chi connectivity index (χ0v) is 16.5. The summed E-state index contributed by atoms with van der Waals surface area (Å²) in [4.78, 5) is 32.5. The molecule has 0 saturated carbocycles. The van der Waals surface area contributed by atoms with Crippen LogP contribution in [-0.2, 0) is 11.8 Å². The summed E-state index contributed by atoms with van der Waals surface area (Å²) in [5.74, 6) is -0.0446. The first-order valence-electron chi connectivity index (χ1n) is 9.19. The van der Waals surface area contributed by atoms with Crippen molar-refractivity contribution in [3.63, 3.8) is 0 Å². The normalized spacial score (nSPS) is 10.4. The lowest BCUT2D eigenvalue weighted by Crippen LogP contribution is -2.28. The van der Waals surface area contributed by atoms with Gasteiger partial charge in [-0.25, -0.2) is 14.6 Å². The van der Waals surface area contributed by atoms with Gasteiger partial charge in [-0.05, 0) is 32.0 Å². The Bertz CT molecular complexity index is 1030. The summed E-state index contributed by atoms with van der Waals surface area (Å²) in [5.41, 5.74) is 3.40. The molecule has 0 aliphatic rings. The predicted molar refractivity (Wildman–Crippen MR) is 108 cm³/mol. The molecule has 0 saturated heterocycles. The molecule has 0 atom stereocenters. The van der Waals surface area contributed by atoms with Crippen molar-refractivity contribution in [3.05, 3.63) is 48.5 Å². The molecule has 3 aromatic heterocycles. The number of aromatic nitrogens is 4. The van der Waals surface area contributed by atoms with Gasteiger partial charge < -0.3 is 10.1 Å². The molecule has 2 amide bonds. The van der Waals surface area contributed by atoms with Gasteiger partial charge >= 0.3 is 12.0 Å². The van der Waals surface area contributed by atoms with E-state index in [9.17, 15) is 9.59 Å². The Kier molecular flexibility index (Phi) is 6.18. The van der Waals surface area contributed by atoms with Crippen LogP contribution in [0.2, 0.25) is 0 Å². The van der Waals surface area contributed by atoms with Crippen molar-refractivity contribution in [1.82, 2.24) is 25.1 Å². The second-order valence-corrected chi connectivity index (χ2v) is 6.12. The third kappa shape index (κ3) is 4.57. The molecule has 0 spiro atoms. The van der Waals surface area contributed by atoms with E-state index in [4.69, 9.17) is 4.74 Å². The van der Waals surface area contributed by atoms with Crippen LogP contribution < -0.4 is 10.6 Å². The number of anilines is 1. The Labute approximate surface area is 168 Å². The summed E-state index contributed by atoms with van der Waals surface area (Å²) in [5, 5.41) is 9.60. The Balaban J connectivity index is 2.07. The molecular formula is C20H22N6O3. The standard InChI is InChI=1S/C20H22N6O3/c1-4-22-20(28)25-18-9-15(17-6-7-24-26(17)3)16(12-23-18)13-8-14(11-21-10-13)19(27)29-5-2/h6-12H,4-5H2,1-3H3,(H2,22,23,25,28). The maximum atomic E-state index is 12.1. The number of esters is 1. The van der Waals surface area contributed by atoms with E-state index in [0.29, 0.717) is 23.5 Å². The predicted octanol–water partition coefficient (Wildman–Crippen LogP) is 2.86. The fourth-order valence-electron chi connectivity index (χ4n) is 2.84. The number of rotatable bonds is 6. The number of carbonyl (C=O) groups excluding carboxylic acids is 2. The minimum absolute atomic E-state index is 0.283. The number of aryl methyl sites for hydroxylation is 1. The highest BCUT2D eigenvalue weighted by Gasteiger charge is 2.16. The number of nitrogens with zero attached hydrogens (tertiary/aromatic N) is 4. The van der Waals surface area contributed by atoms with E-state index in [1.54, 1.807) is 42.3 Å². The van der Waals surface area contributed by atoms with E-state index >= 15 is 0 Å². The fraction of sp³-hybridized carbons (Fsp3) is 0.250. The molecule has 0 aliphatic heterocycles. The topological polar surface area (TPSA) is 111 Å². The van der Waals surface area contributed by atoms with Gasteiger partial charge in [-0.15, -0.1) is 0 Å². The molecule has 2 N–H and O–H groups in total. The van der Waals surface area contributed by atoms with E-state index in [2.05, 4.69) is 25.7 Å². The minimum atomic E-state index is -0.439. The molecule has 0 fully saturated rings. The lowest BCUT2D eigenvalue weighted by Gasteiger charge is -2.13. The highest BCUT2D eigenvalue weighted by molar-refractivity contribution is 5.93. The van der Waals surface area contributed by atoms with E-state index in [1.807, 2.05) is 20.0 Å². The van der Waals surface area contributed by atoms with Gasteiger partial charge in [0.25, 0.3) is 0 Å². The smallest absolute Gasteiger partial charge is 0.339 e. The summed E-state index contributed by atoms with van der Waals surface area (Å²) in [7, 11) is 1.82. The highest BCUT2D eigenvalue weighted by atomic mass is 16.5. The molecule has 0 bridgehead atoms. The van der Waals surface area contributed by atoms with Gasteiger partial charge in [0.15, 0.2) is 0 Å². The molecule has 150 valence electrons. The Morgan fingerprint density at radius 2 is 1.97 bits per heavy atom. The van der Waals surface area contributed by atoms with Gasteiger partial charge in [-0.1, -0.05) is 0 Å². The van der Waals surface area contributed by atoms with Crippen LogP contribution in [0, 0.1) is 0 Å². The van der Waals surface area contributed by atoms with Crippen LogP contribution in [0.25, 0.3) is 22.4 Å². The van der Waals surface area contributed by atoms with E-state index < -0.39 is 5.97 Å². The van der Waals surface area contributed by atoms with E-state index in [0.717, 1.165) is 16.8 Å². The summed E-state index contributed by atoms with van der Waals surface area (Å²) in [6.45, 7) is 4.37. The molecule has 9 heteroatoms. The number of ether oxygens (including phenoxy) is 1. The highest BCUT2D eigenvalue weighted by Crippen LogP contribution is 2.33. The van der Waals surface area contributed by atoms with Gasteiger partial charge in [-0.3, -0.25) is 15.0 Å². The average molecular weight is 394 g/mol. The Hall–Kier alpha value is -3.75. The second-order valence-electron chi connectivity index (χ2n) is 6.12. The summed E-state index contributed by atoms with van der Waals surface area (Å²) < 4.78 is 6.78. The SMILES string of the molecule is CCNC(=O)Nc1cc(-c2ccnn2C)c(-c2cncc(C(=O)OCC)c2)cn1. The van der Waals surface area contributed by atoms with Gasteiger partial charge in [0, 0.05) is 55.1 Å². The third-order valence-corrected chi connectivity index (χ3v) is 4.14. The van der Waals surface area contributed by atoms with Crippen molar-refractivity contribution >= 4 is 17.8 Å². The summed E-state index contributed by atoms with van der Waals surface area (Å²) in [6.07, 6.45) is 6.43. The first-order chi connectivity index (χ1) is 14.0. The van der Waals surface area contributed by atoms with Gasteiger partial charge in [0.2, 0.25) is 0 Å².